The minimum absolute atomic E-state index is 0.0306. The Kier molecular flexibility index (Phi) is 4.13. The van der Waals surface area contributed by atoms with E-state index in [1.807, 2.05) is 0 Å². The Bertz CT molecular complexity index is 1420. The molecule has 6 nitrogen and oxygen atoms in total. The lowest BCUT2D eigenvalue weighted by Crippen LogP contribution is -2.24. The summed E-state index contributed by atoms with van der Waals surface area (Å²) in [4.78, 5) is 26.7. The van der Waals surface area contributed by atoms with Gasteiger partial charge in [-0.15, -0.1) is 0 Å². The molecule has 0 radical (unpaired) electrons. The van der Waals surface area contributed by atoms with Gasteiger partial charge in [0.2, 0.25) is 0 Å². The molecule has 3 aromatic carbocycles. The highest BCUT2D eigenvalue weighted by Crippen LogP contribution is 2.42. The van der Waals surface area contributed by atoms with Crippen molar-refractivity contribution in [3.05, 3.63) is 71.3 Å². The van der Waals surface area contributed by atoms with Gasteiger partial charge >= 0.3 is 6.18 Å². The van der Waals surface area contributed by atoms with Gasteiger partial charge in [0.1, 0.15) is 11.4 Å². The molecule has 1 aliphatic heterocycles. The van der Waals surface area contributed by atoms with Crippen molar-refractivity contribution in [2.24, 2.45) is 0 Å². The number of fused-ring (bicyclic) bond motifs is 3. The number of nitrogens with one attached hydrogen (secondary N) is 1. The lowest BCUT2D eigenvalue weighted by Gasteiger charge is -2.11. The van der Waals surface area contributed by atoms with Gasteiger partial charge in [-0.2, -0.15) is 18.3 Å². The van der Waals surface area contributed by atoms with Gasteiger partial charge in [0, 0.05) is 18.0 Å². The fraction of sp³-hybridized carbons (Fsp3) is 0.0870. The number of para-hydroxylation sites is 1. The van der Waals surface area contributed by atoms with Crippen molar-refractivity contribution in [2.45, 2.75) is 6.18 Å². The van der Waals surface area contributed by atoms with Gasteiger partial charge in [-0.1, -0.05) is 24.3 Å². The van der Waals surface area contributed by atoms with E-state index in [1.165, 1.54) is 25.2 Å². The van der Waals surface area contributed by atoms with Crippen LogP contribution in [-0.2, 0) is 6.18 Å². The van der Waals surface area contributed by atoms with Crippen LogP contribution in [-0.4, -0.2) is 39.1 Å². The zero-order valence-electron chi connectivity index (χ0n) is 16.5. The minimum Gasteiger partial charge on any atom is -0.507 e. The second-order valence-electron chi connectivity index (χ2n) is 7.43. The van der Waals surface area contributed by atoms with Gasteiger partial charge < -0.3 is 5.11 Å². The molecule has 32 heavy (non-hydrogen) atoms. The Morgan fingerprint density at radius 1 is 0.938 bits per heavy atom. The van der Waals surface area contributed by atoms with Gasteiger partial charge in [0.15, 0.2) is 0 Å². The molecule has 2 heterocycles. The van der Waals surface area contributed by atoms with E-state index in [0.717, 1.165) is 17.0 Å². The number of benzene rings is 3. The van der Waals surface area contributed by atoms with Crippen LogP contribution in [0.1, 0.15) is 26.3 Å². The third kappa shape index (κ3) is 2.78. The molecule has 4 aromatic rings. The van der Waals surface area contributed by atoms with Crippen molar-refractivity contribution in [1.29, 1.82) is 0 Å². The van der Waals surface area contributed by atoms with Crippen LogP contribution in [0.4, 0.5) is 13.2 Å². The van der Waals surface area contributed by atoms with Gasteiger partial charge in [0.05, 0.1) is 22.2 Å². The van der Waals surface area contributed by atoms with E-state index in [-0.39, 0.29) is 16.9 Å². The Morgan fingerprint density at radius 3 is 2.25 bits per heavy atom. The second kappa shape index (κ2) is 6.68. The number of alkyl halides is 3. The zero-order chi connectivity index (χ0) is 22.8. The number of carbonyl (C=O) groups is 2. The molecule has 0 saturated heterocycles. The molecule has 0 atom stereocenters. The first-order valence-electron chi connectivity index (χ1n) is 9.52. The molecule has 0 unspecified atom stereocenters. The summed E-state index contributed by atoms with van der Waals surface area (Å²) in [5.74, 6) is -1.13. The highest BCUT2D eigenvalue weighted by atomic mass is 19.4. The largest absolute Gasteiger partial charge is 0.507 e. The van der Waals surface area contributed by atoms with Crippen LogP contribution in [0.2, 0.25) is 0 Å². The van der Waals surface area contributed by atoms with Crippen molar-refractivity contribution in [2.75, 3.05) is 7.05 Å². The first-order valence-corrected chi connectivity index (χ1v) is 9.52. The summed E-state index contributed by atoms with van der Waals surface area (Å²) >= 11 is 0. The summed E-state index contributed by atoms with van der Waals surface area (Å²) in [7, 11) is 1.34. The third-order valence-electron chi connectivity index (χ3n) is 5.58. The van der Waals surface area contributed by atoms with Crippen LogP contribution >= 0.6 is 0 Å². The number of aromatic amines is 1. The lowest BCUT2D eigenvalue weighted by atomic mass is 9.92. The SMILES string of the molecule is CN1C(=O)c2c(-c3ccc(C(F)(F)F)cc3)cc3c(-c4ccccc4O)n[nH]c3c2C1=O. The molecule has 0 aliphatic carbocycles. The number of H-pyrrole nitrogens is 1. The van der Waals surface area contributed by atoms with E-state index in [1.54, 1.807) is 24.3 Å². The smallest absolute Gasteiger partial charge is 0.416 e. The minimum atomic E-state index is -4.50. The van der Waals surface area contributed by atoms with Gasteiger partial charge in [-0.05, 0) is 41.5 Å². The average molecular weight is 437 g/mol. The molecule has 1 aromatic heterocycles. The Hall–Kier alpha value is -4.14. The standard InChI is InChI=1S/C23H14F3N3O3/c1-29-21(31)17-14(11-6-8-12(9-7-11)23(24,25)26)10-15-19(13-4-2-3-5-16(13)30)27-28-20(15)18(17)22(29)32/h2-10,30H,1H3,(H,27,28). The number of phenolic OH excluding ortho intramolecular Hbond substituents is 1. The van der Waals surface area contributed by atoms with E-state index in [4.69, 9.17) is 0 Å². The number of carbonyl (C=O) groups excluding carboxylic acids is 2. The maximum absolute atomic E-state index is 13.0. The monoisotopic (exact) mass is 437 g/mol. The molecule has 160 valence electrons. The van der Waals surface area contributed by atoms with E-state index in [0.29, 0.717) is 33.3 Å². The van der Waals surface area contributed by atoms with Crippen LogP contribution < -0.4 is 0 Å². The number of aromatic hydroxyl groups is 1. The van der Waals surface area contributed by atoms with Crippen LogP contribution in [0.15, 0.2) is 54.6 Å². The lowest BCUT2D eigenvalue weighted by molar-refractivity contribution is -0.137. The number of aromatic nitrogens is 2. The Labute approximate surface area is 178 Å². The van der Waals surface area contributed by atoms with Crippen molar-refractivity contribution in [3.8, 4) is 28.1 Å². The summed E-state index contributed by atoms with van der Waals surface area (Å²) in [5, 5.41) is 17.8. The van der Waals surface area contributed by atoms with Crippen LogP contribution in [0.5, 0.6) is 5.75 Å². The maximum Gasteiger partial charge on any atom is 0.416 e. The number of rotatable bonds is 2. The molecular weight excluding hydrogens is 423 g/mol. The molecule has 0 bridgehead atoms. The van der Waals surface area contributed by atoms with Gasteiger partial charge in [0.25, 0.3) is 11.8 Å². The number of hydrogen-bond donors (Lipinski definition) is 2. The molecule has 0 fully saturated rings. The van der Waals surface area contributed by atoms with E-state index >= 15 is 0 Å². The van der Waals surface area contributed by atoms with E-state index in [9.17, 15) is 27.9 Å². The first-order chi connectivity index (χ1) is 15.2. The average Bonchev–Trinajstić information content (AvgIpc) is 3.28. The number of hydrogen-bond acceptors (Lipinski definition) is 4. The van der Waals surface area contributed by atoms with Crippen LogP contribution in [0, 0.1) is 0 Å². The predicted octanol–water partition coefficient (Wildman–Crippen LogP) is 4.85. The number of phenols is 1. The van der Waals surface area contributed by atoms with Gasteiger partial charge in [-0.25, -0.2) is 0 Å². The van der Waals surface area contributed by atoms with Crippen LogP contribution in [0.3, 0.4) is 0 Å². The van der Waals surface area contributed by atoms with Crippen molar-refractivity contribution in [3.63, 3.8) is 0 Å². The number of amides is 2. The highest BCUT2D eigenvalue weighted by molar-refractivity contribution is 6.29. The van der Waals surface area contributed by atoms with Crippen molar-refractivity contribution < 1.29 is 27.9 Å². The molecule has 2 N–H and O–H groups in total. The summed E-state index contributed by atoms with van der Waals surface area (Å²) in [5.41, 5.74) is 1.09. The molecule has 5 rings (SSSR count). The summed E-state index contributed by atoms with van der Waals surface area (Å²) in [6.45, 7) is 0. The normalized spacial score (nSPS) is 13.8. The first kappa shape index (κ1) is 19.8. The third-order valence-corrected chi connectivity index (χ3v) is 5.58. The van der Waals surface area contributed by atoms with E-state index < -0.39 is 23.6 Å². The topological polar surface area (TPSA) is 86.3 Å². The summed E-state index contributed by atoms with van der Waals surface area (Å²) < 4.78 is 39.0. The molecule has 2 amide bonds. The van der Waals surface area contributed by atoms with Crippen molar-refractivity contribution >= 4 is 22.7 Å². The van der Waals surface area contributed by atoms with Crippen molar-refractivity contribution in [1.82, 2.24) is 15.1 Å². The van der Waals surface area contributed by atoms with Gasteiger partial charge in [-0.3, -0.25) is 19.6 Å². The molecule has 0 spiro atoms. The summed E-state index contributed by atoms with van der Waals surface area (Å²) in [6.07, 6.45) is -4.50. The number of nitrogens with zero attached hydrogens (tertiary/aromatic N) is 2. The van der Waals surface area contributed by atoms with E-state index in [2.05, 4.69) is 10.2 Å². The molecule has 1 aliphatic rings. The second-order valence-corrected chi connectivity index (χ2v) is 7.43. The number of imide groups is 1. The Balaban J connectivity index is 1.82. The predicted molar refractivity (Wildman–Crippen MR) is 110 cm³/mol. The molecule has 9 heteroatoms. The Morgan fingerprint density at radius 2 is 1.59 bits per heavy atom. The molecule has 0 saturated carbocycles. The quantitative estimate of drug-likeness (QED) is 0.439. The highest BCUT2D eigenvalue weighted by Gasteiger charge is 2.39. The number of halogens is 3. The molecular formula is C23H14F3N3O3. The van der Waals surface area contributed by atoms with Crippen LogP contribution in [0.25, 0.3) is 33.3 Å². The maximum atomic E-state index is 13.0. The fourth-order valence-electron chi connectivity index (χ4n) is 3.97. The fourth-order valence-corrected chi connectivity index (χ4v) is 3.97. The zero-order valence-corrected chi connectivity index (χ0v) is 16.5. The summed E-state index contributed by atoms with van der Waals surface area (Å²) in [6, 6.07) is 12.5.